The molecule has 0 saturated heterocycles. The van der Waals surface area contributed by atoms with Crippen LogP contribution in [0.15, 0.2) is 48.7 Å². The number of rotatable bonds is 5. The molecule has 1 heterocycles. The predicted octanol–water partition coefficient (Wildman–Crippen LogP) is 5.93. The molecule has 0 aliphatic carbocycles. The third-order valence-corrected chi connectivity index (χ3v) is 4.05. The summed E-state index contributed by atoms with van der Waals surface area (Å²) in [6.07, 6.45) is 1.62. The van der Waals surface area contributed by atoms with E-state index in [9.17, 15) is 0 Å². The predicted molar refractivity (Wildman–Crippen MR) is 103 cm³/mol. The van der Waals surface area contributed by atoms with Gasteiger partial charge in [0.2, 0.25) is 5.95 Å². The zero-order chi connectivity index (χ0) is 17.8. The quantitative estimate of drug-likeness (QED) is 0.560. The van der Waals surface area contributed by atoms with Gasteiger partial charge in [-0.05, 0) is 42.5 Å². The second-order valence-corrected chi connectivity index (χ2v) is 6.26. The van der Waals surface area contributed by atoms with Crippen LogP contribution < -0.4 is 15.4 Å². The van der Waals surface area contributed by atoms with Gasteiger partial charge in [-0.15, -0.1) is 0 Å². The van der Waals surface area contributed by atoms with Crippen LogP contribution in [0.5, 0.6) is 5.75 Å². The van der Waals surface area contributed by atoms with E-state index in [2.05, 4.69) is 20.6 Å². The Balaban J connectivity index is 1.85. The van der Waals surface area contributed by atoms with Gasteiger partial charge in [0.15, 0.2) is 0 Å². The molecular formula is C17H13Cl3N4O. The maximum absolute atomic E-state index is 6.15. The van der Waals surface area contributed by atoms with Crippen molar-refractivity contribution in [2.24, 2.45) is 0 Å². The molecule has 0 atom stereocenters. The molecule has 3 aromatic rings. The Morgan fingerprint density at radius 2 is 1.60 bits per heavy atom. The van der Waals surface area contributed by atoms with E-state index < -0.39 is 0 Å². The topological polar surface area (TPSA) is 59.1 Å². The van der Waals surface area contributed by atoms with E-state index in [-0.39, 0.29) is 0 Å². The molecule has 0 unspecified atom stereocenters. The maximum Gasteiger partial charge on any atom is 0.229 e. The first-order chi connectivity index (χ1) is 12.0. The molecule has 2 aromatic carbocycles. The minimum absolute atomic E-state index is 0.371. The van der Waals surface area contributed by atoms with Crippen molar-refractivity contribution in [2.45, 2.75) is 0 Å². The second-order valence-electron chi connectivity index (χ2n) is 4.98. The number of ether oxygens (including phenoxy) is 1. The Bertz CT molecular complexity index is 905. The van der Waals surface area contributed by atoms with Crippen molar-refractivity contribution in [3.05, 3.63) is 63.7 Å². The zero-order valence-electron chi connectivity index (χ0n) is 13.1. The normalized spacial score (nSPS) is 10.4. The van der Waals surface area contributed by atoms with E-state index in [1.165, 1.54) is 0 Å². The summed E-state index contributed by atoms with van der Waals surface area (Å²) in [6.45, 7) is 0. The Kier molecular flexibility index (Phi) is 5.48. The summed E-state index contributed by atoms with van der Waals surface area (Å²) in [4.78, 5) is 8.59. The molecular weight excluding hydrogens is 383 g/mol. The van der Waals surface area contributed by atoms with Crippen molar-refractivity contribution in [2.75, 3.05) is 17.7 Å². The molecule has 0 fully saturated rings. The van der Waals surface area contributed by atoms with Crippen LogP contribution in [-0.4, -0.2) is 17.1 Å². The second kappa shape index (κ2) is 7.78. The summed E-state index contributed by atoms with van der Waals surface area (Å²) in [6, 6.07) is 12.1. The number of nitrogens with zero attached hydrogens (tertiary/aromatic N) is 2. The van der Waals surface area contributed by atoms with Gasteiger partial charge in [0.1, 0.15) is 11.6 Å². The average Bonchev–Trinajstić information content (AvgIpc) is 2.59. The Labute approximate surface area is 159 Å². The summed E-state index contributed by atoms with van der Waals surface area (Å²) in [5, 5.41) is 7.86. The maximum atomic E-state index is 6.15. The Morgan fingerprint density at radius 1 is 0.880 bits per heavy atom. The Hall–Kier alpha value is -2.21. The summed E-state index contributed by atoms with van der Waals surface area (Å²) in [5.74, 6) is 1.58. The Morgan fingerprint density at radius 3 is 2.36 bits per heavy atom. The third-order valence-electron chi connectivity index (χ3n) is 3.25. The van der Waals surface area contributed by atoms with Crippen LogP contribution in [-0.2, 0) is 0 Å². The van der Waals surface area contributed by atoms with Crippen LogP contribution in [0.25, 0.3) is 0 Å². The van der Waals surface area contributed by atoms with Gasteiger partial charge in [-0.2, -0.15) is 4.98 Å². The van der Waals surface area contributed by atoms with E-state index in [1.807, 2.05) is 0 Å². The number of nitrogens with one attached hydrogen (secondary N) is 2. The number of hydrogen-bond acceptors (Lipinski definition) is 5. The lowest BCUT2D eigenvalue weighted by molar-refractivity contribution is 0.417. The number of methoxy groups -OCH3 is 1. The highest BCUT2D eigenvalue weighted by Crippen LogP contribution is 2.31. The standard InChI is InChI=1S/C17H13Cl3N4O/c1-25-15-5-3-11(19)9-14(15)22-16-6-7-21-17(24-16)23-13-8-10(18)2-4-12(13)20/h2-9H,1H3,(H2,21,22,23,24). The summed E-state index contributed by atoms with van der Waals surface area (Å²) in [7, 11) is 1.59. The first-order valence-corrected chi connectivity index (χ1v) is 8.34. The fourth-order valence-electron chi connectivity index (χ4n) is 2.12. The van der Waals surface area contributed by atoms with Gasteiger partial charge in [0.05, 0.1) is 23.5 Å². The number of aromatic nitrogens is 2. The molecule has 0 aliphatic rings. The van der Waals surface area contributed by atoms with Gasteiger partial charge in [0, 0.05) is 16.2 Å². The van der Waals surface area contributed by atoms with E-state index in [1.54, 1.807) is 55.8 Å². The molecule has 0 aliphatic heterocycles. The van der Waals surface area contributed by atoms with Crippen molar-refractivity contribution >= 4 is 57.9 Å². The lowest BCUT2D eigenvalue weighted by Gasteiger charge is -2.12. The van der Waals surface area contributed by atoms with Crippen LogP contribution in [0.3, 0.4) is 0 Å². The molecule has 5 nitrogen and oxygen atoms in total. The van der Waals surface area contributed by atoms with Crippen molar-refractivity contribution in [1.82, 2.24) is 9.97 Å². The third kappa shape index (κ3) is 4.45. The van der Waals surface area contributed by atoms with Gasteiger partial charge in [-0.3, -0.25) is 0 Å². The number of halogens is 3. The van der Waals surface area contributed by atoms with E-state index in [0.717, 1.165) is 0 Å². The van der Waals surface area contributed by atoms with Crippen molar-refractivity contribution in [3.8, 4) is 5.75 Å². The zero-order valence-corrected chi connectivity index (χ0v) is 15.3. The minimum Gasteiger partial charge on any atom is -0.495 e. The van der Waals surface area contributed by atoms with Crippen LogP contribution >= 0.6 is 34.8 Å². The SMILES string of the molecule is COc1ccc(Cl)cc1Nc1ccnc(Nc2cc(Cl)ccc2Cl)n1. The van der Waals surface area contributed by atoms with Crippen LogP contribution in [0.1, 0.15) is 0 Å². The molecule has 128 valence electrons. The highest BCUT2D eigenvalue weighted by Gasteiger charge is 2.08. The molecule has 0 radical (unpaired) electrons. The minimum atomic E-state index is 0.371. The van der Waals surface area contributed by atoms with Gasteiger partial charge in [0.25, 0.3) is 0 Å². The monoisotopic (exact) mass is 394 g/mol. The van der Waals surface area contributed by atoms with Gasteiger partial charge in [-0.25, -0.2) is 4.98 Å². The molecule has 0 spiro atoms. The number of anilines is 4. The van der Waals surface area contributed by atoms with Crippen LogP contribution in [0.2, 0.25) is 15.1 Å². The average molecular weight is 396 g/mol. The van der Waals surface area contributed by atoms with Gasteiger partial charge < -0.3 is 15.4 Å². The lowest BCUT2D eigenvalue weighted by atomic mass is 10.3. The molecule has 1 aromatic heterocycles. The van der Waals surface area contributed by atoms with E-state index >= 15 is 0 Å². The molecule has 2 N–H and O–H groups in total. The first kappa shape index (κ1) is 17.6. The van der Waals surface area contributed by atoms with Crippen LogP contribution in [0, 0.1) is 0 Å². The smallest absolute Gasteiger partial charge is 0.229 e. The summed E-state index contributed by atoms with van der Waals surface area (Å²) in [5.41, 5.74) is 1.31. The molecule has 3 rings (SSSR count). The lowest BCUT2D eigenvalue weighted by Crippen LogP contribution is -2.01. The molecule has 0 amide bonds. The summed E-state index contributed by atoms with van der Waals surface area (Å²) >= 11 is 18.2. The van der Waals surface area contributed by atoms with Crippen molar-refractivity contribution < 1.29 is 4.74 Å². The van der Waals surface area contributed by atoms with Gasteiger partial charge >= 0.3 is 0 Å². The van der Waals surface area contributed by atoms with Crippen LogP contribution in [0.4, 0.5) is 23.1 Å². The fourth-order valence-corrected chi connectivity index (χ4v) is 2.63. The van der Waals surface area contributed by atoms with E-state index in [0.29, 0.717) is 44.0 Å². The molecule has 0 saturated carbocycles. The summed E-state index contributed by atoms with van der Waals surface area (Å²) < 4.78 is 5.32. The number of benzene rings is 2. The first-order valence-electron chi connectivity index (χ1n) is 7.21. The number of hydrogen-bond donors (Lipinski definition) is 2. The van der Waals surface area contributed by atoms with Gasteiger partial charge in [-0.1, -0.05) is 34.8 Å². The fraction of sp³-hybridized carbons (Fsp3) is 0.0588. The van der Waals surface area contributed by atoms with Crippen molar-refractivity contribution in [1.29, 1.82) is 0 Å². The molecule has 0 bridgehead atoms. The van der Waals surface area contributed by atoms with Crippen molar-refractivity contribution in [3.63, 3.8) is 0 Å². The molecule has 25 heavy (non-hydrogen) atoms. The highest BCUT2D eigenvalue weighted by molar-refractivity contribution is 6.35. The molecule has 8 heteroatoms. The highest BCUT2D eigenvalue weighted by atomic mass is 35.5. The van der Waals surface area contributed by atoms with E-state index in [4.69, 9.17) is 39.5 Å². The largest absolute Gasteiger partial charge is 0.495 e.